The van der Waals surface area contributed by atoms with Crippen molar-refractivity contribution in [3.63, 3.8) is 0 Å². The molecule has 0 heterocycles. The lowest BCUT2D eigenvalue weighted by Crippen LogP contribution is -2.21. The topological polar surface area (TPSA) is 46.5 Å². The maximum absolute atomic E-state index is 10.7. The number of hydrogen-bond acceptors (Lipinski definition) is 3. The lowest BCUT2D eigenvalue weighted by atomic mass is 9.91. The van der Waals surface area contributed by atoms with Crippen molar-refractivity contribution in [1.29, 1.82) is 0 Å². The van der Waals surface area contributed by atoms with Crippen molar-refractivity contribution in [1.82, 2.24) is 0 Å². The Bertz CT molecular complexity index is 118. The van der Waals surface area contributed by atoms with Crippen molar-refractivity contribution in [3.8, 4) is 0 Å². The van der Waals surface area contributed by atoms with E-state index in [-0.39, 0.29) is 24.4 Å². The number of esters is 1. The molecule has 0 rings (SSSR count). The fraction of sp³-hybridized carbons (Fsp3) is 0.857. The van der Waals surface area contributed by atoms with Gasteiger partial charge in [-0.25, -0.2) is 0 Å². The average molecular weight is 146 g/mol. The van der Waals surface area contributed by atoms with Gasteiger partial charge in [-0.05, 0) is 5.41 Å². The zero-order valence-corrected chi connectivity index (χ0v) is 6.68. The van der Waals surface area contributed by atoms with E-state index >= 15 is 0 Å². The first kappa shape index (κ1) is 9.43. The Kier molecular flexibility index (Phi) is 3.36. The summed E-state index contributed by atoms with van der Waals surface area (Å²) in [5.41, 5.74) is -0.354. The van der Waals surface area contributed by atoms with Gasteiger partial charge < -0.3 is 9.84 Å². The van der Waals surface area contributed by atoms with Crippen LogP contribution in [0.2, 0.25) is 0 Å². The van der Waals surface area contributed by atoms with Crippen LogP contribution in [0.15, 0.2) is 0 Å². The van der Waals surface area contributed by atoms with Crippen molar-refractivity contribution in [2.24, 2.45) is 5.41 Å². The first-order chi connectivity index (χ1) is 4.52. The molecule has 10 heavy (non-hydrogen) atoms. The number of aliphatic hydroxyl groups excluding tert-OH is 1. The third-order valence-corrected chi connectivity index (χ3v) is 1.28. The summed E-state index contributed by atoms with van der Waals surface area (Å²) in [6.45, 7) is 3.62. The van der Waals surface area contributed by atoms with Gasteiger partial charge in [-0.15, -0.1) is 0 Å². The summed E-state index contributed by atoms with van der Waals surface area (Å²) in [6, 6.07) is 0. The predicted octanol–water partition coefficient (Wildman–Crippen LogP) is 0.568. The van der Waals surface area contributed by atoms with Crippen LogP contribution in [-0.4, -0.2) is 24.8 Å². The van der Waals surface area contributed by atoms with E-state index in [1.165, 1.54) is 7.11 Å². The second-order valence-electron chi connectivity index (χ2n) is 3.08. The van der Waals surface area contributed by atoms with Crippen LogP contribution < -0.4 is 0 Å². The molecule has 0 spiro atoms. The van der Waals surface area contributed by atoms with Crippen molar-refractivity contribution in [2.75, 3.05) is 13.7 Å². The largest absolute Gasteiger partial charge is 0.469 e. The standard InChI is InChI=1S/C7H14O3/c1-7(2,5-8)4-6(9)10-3/h8H,4-5H2,1-3H3. The molecule has 0 saturated heterocycles. The third kappa shape index (κ3) is 3.45. The normalized spacial score (nSPS) is 11.2. The maximum Gasteiger partial charge on any atom is 0.306 e. The second-order valence-corrected chi connectivity index (χ2v) is 3.08. The summed E-state index contributed by atoms with van der Waals surface area (Å²) < 4.78 is 4.44. The molecule has 0 aromatic rings. The van der Waals surface area contributed by atoms with Gasteiger partial charge in [0.25, 0.3) is 0 Å². The summed E-state index contributed by atoms with van der Waals surface area (Å²) in [5, 5.41) is 8.73. The molecular formula is C7H14O3. The fourth-order valence-corrected chi connectivity index (χ4v) is 0.519. The molecule has 0 atom stereocenters. The molecule has 0 aromatic heterocycles. The molecule has 0 fully saturated rings. The van der Waals surface area contributed by atoms with Crippen LogP contribution in [0.25, 0.3) is 0 Å². The van der Waals surface area contributed by atoms with E-state index in [4.69, 9.17) is 5.11 Å². The maximum atomic E-state index is 10.7. The predicted molar refractivity (Wildman–Crippen MR) is 37.5 cm³/mol. The molecule has 3 nitrogen and oxygen atoms in total. The number of carbonyl (C=O) groups is 1. The molecule has 0 bridgehead atoms. The number of rotatable bonds is 3. The van der Waals surface area contributed by atoms with E-state index in [9.17, 15) is 4.79 Å². The second kappa shape index (κ2) is 3.56. The molecule has 0 aliphatic carbocycles. The minimum atomic E-state index is -0.354. The zero-order valence-electron chi connectivity index (χ0n) is 6.68. The van der Waals surface area contributed by atoms with Crippen molar-refractivity contribution in [3.05, 3.63) is 0 Å². The molecule has 0 radical (unpaired) electrons. The highest BCUT2D eigenvalue weighted by molar-refractivity contribution is 5.69. The van der Waals surface area contributed by atoms with Gasteiger partial charge in [0.05, 0.1) is 13.5 Å². The number of carbonyl (C=O) groups excluding carboxylic acids is 1. The summed E-state index contributed by atoms with van der Waals surface area (Å²) in [7, 11) is 1.34. The van der Waals surface area contributed by atoms with Crippen LogP contribution in [0, 0.1) is 5.41 Å². The van der Waals surface area contributed by atoms with Crippen LogP contribution >= 0.6 is 0 Å². The van der Waals surface area contributed by atoms with Crippen LogP contribution in [0.3, 0.4) is 0 Å². The van der Waals surface area contributed by atoms with Crippen molar-refractivity contribution >= 4 is 5.97 Å². The van der Waals surface area contributed by atoms with Gasteiger partial charge in [-0.2, -0.15) is 0 Å². The average Bonchev–Trinajstić information content (AvgIpc) is 1.87. The number of aliphatic hydroxyl groups is 1. The van der Waals surface area contributed by atoms with Gasteiger partial charge in [0.1, 0.15) is 0 Å². The number of ether oxygens (including phenoxy) is 1. The molecule has 0 saturated carbocycles. The molecule has 0 aromatic carbocycles. The Hall–Kier alpha value is -0.570. The summed E-state index contributed by atoms with van der Waals surface area (Å²) in [6.07, 6.45) is 0.264. The van der Waals surface area contributed by atoms with Crippen LogP contribution in [0.4, 0.5) is 0 Å². The molecule has 60 valence electrons. The Morgan fingerprint density at radius 1 is 1.60 bits per heavy atom. The SMILES string of the molecule is COC(=O)CC(C)(C)CO. The monoisotopic (exact) mass is 146 g/mol. The Balaban J connectivity index is 3.76. The zero-order chi connectivity index (χ0) is 8.20. The molecule has 0 aliphatic heterocycles. The highest BCUT2D eigenvalue weighted by atomic mass is 16.5. The molecule has 0 aliphatic rings. The van der Waals surface area contributed by atoms with Gasteiger partial charge in [-0.1, -0.05) is 13.8 Å². The quantitative estimate of drug-likeness (QED) is 0.592. The first-order valence-corrected chi connectivity index (χ1v) is 3.19. The summed E-state index contributed by atoms with van der Waals surface area (Å²) in [5.74, 6) is -0.279. The summed E-state index contributed by atoms with van der Waals surface area (Å²) in [4.78, 5) is 10.7. The van der Waals surface area contributed by atoms with E-state index in [1.54, 1.807) is 0 Å². The van der Waals surface area contributed by atoms with Gasteiger partial charge >= 0.3 is 5.97 Å². The van der Waals surface area contributed by atoms with Gasteiger partial charge in [0.2, 0.25) is 0 Å². The van der Waals surface area contributed by atoms with Crippen molar-refractivity contribution in [2.45, 2.75) is 20.3 Å². The van der Waals surface area contributed by atoms with E-state index < -0.39 is 0 Å². The van der Waals surface area contributed by atoms with E-state index in [2.05, 4.69) is 4.74 Å². The fourth-order valence-electron chi connectivity index (χ4n) is 0.519. The Morgan fingerprint density at radius 3 is 2.40 bits per heavy atom. The third-order valence-electron chi connectivity index (χ3n) is 1.28. The smallest absolute Gasteiger partial charge is 0.306 e. The Morgan fingerprint density at radius 2 is 2.10 bits per heavy atom. The first-order valence-electron chi connectivity index (χ1n) is 3.19. The molecule has 1 N–H and O–H groups in total. The lowest BCUT2D eigenvalue weighted by Gasteiger charge is -2.18. The minimum absolute atomic E-state index is 0.00208. The molecule has 0 amide bonds. The van der Waals surface area contributed by atoms with Crippen LogP contribution in [-0.2, 0) is 9.53 Å². The Labute approximate surface area is 61.0 Å². The van der Waals surface area contributed by atoms with Gasteiger partial charge in [0, 0.05) is 6.61 Å². The summed E-state index contributed by atoms with van der Waals surface area (Å²) >= 11 is 0. The highest BCUT2D eigenvalue weighted by Gasteiger charge is 2.20. The minimum Gasteiger partial charge on any atom is -0.469 e. The van der Waals surface area contributed by atoms with E-state index in [1.807, 2.05) is 13.8 Å². The van der Waals surface area contributed by atoms with Crippen LogP contribution in [0.1, 0.15) is 20.3 Å². The van der Waals surface area contributed by atoms with Crippen LogP contribution in [0.5, 0.6) is 0 Å². The highest BCUT2D eigenvalue weighted by Crippen LogP contribution is 2.18. The van der Waals surface area contributed by atoms with E-state index in [0.29, 0.717) is 0 Å². The molecule has 0 unspecified atom stereocenters. The van der Waals surface area contributed by atoms with Gasteiger partial charge in [-0.3, -0.25) is 4.79 Å². The molecule has 3 heteroatoms. The lowest BCUT2D eigenvalue weighted by molar-refractivity contribution is -0.143. The van der Waals surface area contributed by atoms with E-state index in [0.717, 1.165) is 0 Å². The van der Waals surface area contributed by atoms with Gasteiger partial charge in [0.15, 0.2) is 0 Å². The number of methoxy groups -OCH3 is 1. The number of hydrogen-bond donors (Lipinski definition) is 1. The van der Waals surface area contributed by atoms with Crippen molar-refractivity contribution < 1.29 is 14.6 Å². The molecular weight excluding hydrogens is 132 g/mol.